The number of aliphatic imine (C=N–C) groups is 1. The molecule has 1 heterocycles. The Morgan fingerprint density at radius 1 is 1.00 bits per heavy atom. The SMILES string of the molecule is CCNC(=O)c1ccc(CN=C(NCC)NCCc2ccccn2)cc1.I. The number of nitrogens with zero attached hydrogens (tertiary/aromatic N) is 2. The third-order valence-electron chi connectivity index (χ3n) is 3.72. The molecule has 1 aromatic carbocycles. The van der Waals surface area contributed by atoms with Gasteiger partial charge in [-0.1, -0.05) is 18.2 Å². The number of halogens is 1. The van der Waals surface area contributed by atoms with Crippen LogP contribution in [0.2, 0.25) is 0 Å². The quantitative estimate of drug-likeness (QED) is 0.308. The summed E-state index contributed by atoms with van der Waals surface area (Å²) in [5.74, 6) is 0.725. The normalized spacial score (nSPS) is 10.7. The van der Waals surface area contributed by atoms with Gasteiger partial charge in [-0.3, -0.25) is 9.78 Å². The van der Waals surface area contributed by atoms with Crippen molar-refractivity contribution < 1.29 is 4.79 Å². The van der Waals surface area contributed by atoms with Crippen molar-refractivity contribution in [2.45, 2.75) is 26.8 Å². The van der Waals surface area contributed by atoms with E-state index in [0.29, 0.717) is 18.7 Å². The van der Waals surface area contributed by atoms with Gasteiger partial charge in [0.2, 0.25) is 0 Å². The third kappa shape index (κ3) is 8.38. The van der Waals surface area contributed by atoms with Crippen LogP contribution < -0.4 is 16.0 Å². The molecule has 27 heavy (non-hydrogen) atoms. The zero-order valence-corrected chi connectivity index (χ0v) is 18.2. The molecule has 7 heteroatoms. The number of nitrogens with one attached hydrogen (secondary N) is 3. The number of rotatable bonds is 8. The molecule has 0 aliphatic rings. The molecule has 3 N–H and O–H groups in total. The highest BCUT2D eigenvalue weighted by atomic mass is 127. The average Bonchev–Trinajstić information content (AvgIpc) is 2.67. The van der Waals surface area contributed by atoms with E-state index < -0.39 is 0 Å². The first-order chi connectivity index (χ1) is 12.7. The molecule has 2 rings (SSSR count). The lowest BCUT2D eigenvalue weighted by molar-refractivity contribution is 0.0956. The van der Waals surface area contributed by atoms with E-state index in [1.807, 2.05) is 56.3 Å². The third-order valence-corrected chi connectivity index (χ3v) is 3.72. The van der Waals surface area contributed by atoms with Gasteiger partial charge in [0, 0.05) is 43.5 Å². The molecule has 146 valence electrons. The van der Waals surface area contributed by atoms with Gasteiger partial charge in [0.05, 0.1) is 6.54 Å². The second-order valence-corrected chi connectivity index (χ2v) is 5.75. The molecule has 0 saturated heterocycles. The number of guanidine groups is 1. The van der Waals surface area contributed by atoms with Crippen molar-refractivity contribution in [3.63, 3.8) is 0 Å². The highest BCUT2D eigenvalue weighted by Gasteiger charge is 2.04. The molecule has 6 nitrogen and oxygen atoms in total. The maximum Gasteiger partial charge on any atom is 0.251 e. The predicted octanol–water partition coefficient (Wildman–Crippen LogP) is 2.75. The van der Waals surface area contributed by atoms with Crippen LogP contribution in [0.25, 0.3) is 0 Å². The van der Waals surface area contributed by atoms with Crippen LogP contribution in [0.1, 0.15) is 35.5 Å². The number of hydrogen-bond donors (Lipinski definition) is 3. The van der Waals surface area contributed by atoms with E-state index in [9.17, 15) is 4.79 Å². The monoisotopic (exact) mass is 481 g/mol. The Hall–Kier alpha value is -2.16. The lowest BCUT2D eigenvalue weighted by atomic mass is 10.1. The molecule has 0 bridgehead atoms. The molecule has 2 aromatic rings. The molecule has 1 amide bonds. The number of carbonyl (C=O) groups is 1. The van der Waals surface area contributed by atoms with E-state index in [1.54, 1.807) is 6.20 Å². The van der Waals surface area contributed by atoms with Gasteiger partial charge in [0.25, 0.3) is 5.91 Å². The zero-order chi connectivity index (χ0) is 18.6. The smallest absolute Gasteiger partial charge is 0.251 e. The Morgan fingerprint density at radius 2 is 1.74 bits per heavy atom. The molecule has 0 spiro atoms. The molecular formula is C20H28IN5O. The fraction of sp³-hybridized carbons (Fsp3) is 0.350. The van der Waals surface area contributed by atoms with Gasteiger partial charge >= 0.3 is 0 Å². The summed E-state index contributed by atoms with van der Waals surface area (Å²) in [7, 11) is 0. The van der Waals surface area contributed by atoms with E-state index in [-0.39, 0.29) is 29.9 Å². The maximum absolute atomic E-state index is 11.8. The van der Waals surface area contributed by atoms with Crippen LogP contribution >= 0.6 is 24.0 Å². The first kappa shape index (κ1) is 22.9. The van der Waals surface area contributed by atoms with Crippen LogP contribution in [-0.4, -0.2) is 36.5 Å². The summed E-state index contributed by atoms with van der Waals surface area (Å²) in [4.78, 5) is 20.7. The molecule has 0 aliphatic carbocycles. The molecule has 0 unspecified atom stereocenters. The highest BCUT2D eigenvalue weighted by Crippen LogP contribution is 2.06. The Morgan fingerprint density at radius 3 is 2.37 bits per heavy atom. The van der Waals surface area contributed by atoms with Crippen molar-refractivity contribution in [2.24, 2.45) is 4.99 Å². The van der Waals surface area contributed by atoms with Crippen molar-refractivity contribution in [1.29, 1.82) is 0 Å². The molecule has 0 saturated carbocycles. The Bertz CT molecular complexity index is 704. The first-order valence-electron chi connectivity index (χ1n) is 9.02. The van der Waals surface area contributed by atoms with Gasteiger partial charge < -0.3 is 16.0 Å². The molecule has 0 aliphatic heterocycles. The van der Waals surface area contributed by atoms with Gasteiger partial charge in [-0.05, 0) is 43.7 Å². The Kier molecular flexibility index (Phi) is 11.1. The zero-order valence-electron chi connectivity index (χ0n) is 15.9. The minimum atomic E-state index is -0.0490. The minimum absolute atomic E-state index is 0. The predicted molar refractivity (Wildman–Crippen MR) is 121 cm³/mol. The van der Waals surface area contributed by atoms with Crippen LogP contribution in [-0.2, 0) is 13.0 Å². The second-order valence-electron chi connectivity index (χ2n) is 5.75. The fourth-order valence-electron chi connectivity index (χ4n) is 2.39. The van der Waals surface area contributed by atoms with Crippen LogP contribution in [0.15, 0.2) is 53.7 Å². The lowest BCUT2D eigenvalue weighted by Gasteiger charge is -2.11. The summed E-state index contributed by atoms with van der Waals surface area (Å²) in [5.41, 5.74) is 2.77. The van der Waals surface area contributed by atoms with E-state index in [1.165, 1.54) is 0 Å². The second kappa shape index (κ2) is 13.1. The fourth-order valence-corrected chi connectivity index (χ4v) is 2.39. The van der Waals surface area contributed by atoms with E-state index in [4.69, 9.17) is 0 Å². The number of benzene rings is 1. The van der Waals surface area contributed by atoms with Gasteiger partial charge in [0.1, 0.15) is 0 Å². The largest absolute Gasteiger partial charge is 0.357 e. The van der Waals surface area contributed by atoms with Gasteiger partial charge in [-0.2, -0.15) is 0 Å². The van der Waals surface area contributed by atoms with Crippen molar-refractivity contribution >= 4 is 35.8 Å². The van der Waals surface area contributed by atoms with Crippen LogP contribution in [0, 0.1) is 0 Å². The standard InChI is InChI=1S/C20H27N5O.HI/c1-3-21-19(26)17-10-8-16(9-11-17)15-25-20(22-4-2)24-14-12-18-7-5-6-13-23-18;/h5-11,13H,3-4,12,14-15H2,1-2H3,(H,21,26)(H2,22,24,25);1H. The van der Waals surface area contributed by atoms with Crippen molar-refractivity contribution in [1.82, 2.24) is 20.9 Å². The number of pyridine rings is 1. The Labute approximate surface area is 178 Å². The van der Waals surface area contributed by atoms with E-state index in [2.05, 4.69) is 25.9 Å². The lowest BCUT2D eigenvalue weighted by Crippen LogP contribution is -2.38. The minimum Gasteiger partial charge on any atom is -0.357 e. The van der Waals surface area contributed by atoms with Crippen molar-refractivity contribution in [3.05, 3.63) is 65.5 Å². The van der Waals surface area contributed by atoms with Crippen LogP contribution in [0.5, 0.6) is 0 Å². The number of aromatic nitrogens is 1. The van der Waals surface area contributed by atoms with Crippen molar-refractivity contribution in [2.75, 3.05) is 19.6 Å². The van der Waals surface area contributed by atoms with Gasteiger partial charge in [-0.25, -0.2) is 4.99 Å². The molecule has 0 atom stereocenters. The maximum atomic E-state index is 11.8. The molecular weight excluding hydrogens is 453 g/mol. The topological polar surface area (TPSA) is 78.4 Å². The van der Waals surface area contributed by atoms with Gasteiger partial charge in [0.15, 0.2) is 5.96 Å². The van der Waals surface area contributed by atoms with Gasteiger partial charge in [-0.15, -0.1) is 24.0 Å². The van der Waals surface area contributed by atoms with E-state index >= 15 is 0 Å². The number of amides is 1. The Balaban J connectivity index is 0.00000364. The summed E-state index contributed by atoms with van der Waals surface area (Å²) in [5, 5.41) is 9.35. The summed E-state index contributed by atoms with van der Waals surface area (Å²) >= 11 is 0. The summed E-state index contributed by atoms with van der Waals surface area (Å²) < 4.78 is 0. The first-order valence-corrected chi connectivity index (χ1v) is 9.02. The molecule has 0 radical (unpaired) electrons. The van der Waals surface area contributed by atoms with Crippen LogP contribution in [0.4, 0.5) is 0 Å². The van der Waals surface area contributed by atoms with Crippen molar-refractivity contribution in [3.8, 4) is 0 Å². The highest BCUT2D eigenvalue weighted by molar-refractivity contribution is 14.0. The average molecular weight is 481 g/mol. The number of carbonyl (C=O) groups excluding carboxylic acids is 1. The summed E-state index contributed by atoms with van der Waals surface area (Å²) in [6.07, 6.45) is 2.64. The van der Waals surface area contributed by atoms with Crippen LogP contribution in [0.3, 0.4) is 0 Å². The number of hydrogen-bond acceptors (Lipinski definition) is 3. The molecule has 0 fully saturated rings. The molecule has 1 aromatic heterocycles. The summed E-state index contributed by atoms with van der Waals surface area (Å²) in [6, 6.07) is 13.5. The van der Waals surface area contributed by atoms with E-state index in [0.717, 1.165) is 36.7 Å². The summed E-state index contributed by atoms with van der Waals surface area (Å²) in [6.45, 7) is 6.68.